The Balaban J connectivity index is 2.67. The minimum atomic E-state index is -0.981. The molecule has 4 heteroatoms. The maximum Gasteiger partial charge on any atom is 0.304 e. The molecule has 0 saturated carbocycles. The van der Waals surface area contributed by atoms with E-state index in [-0.39, 0.29) is 6.42 Å². The summed E-state index contributed by atoms with van der Waals surface area (Å²) in [7, 11) is 0. The Morgan fingerprint density at radius 2 is 2.06 bits per heavy atom. The summed E-state index contributed by atoms with van der Waals surface area (Å²) in [4.78, 5) is 21.1. The molecule has 1 rings (SSSR count). The molecule has 1 aromatic carbocycles. The number of benzene rings is 1. The molecule has 4 nitrogen and oxygen atoms in total. The highest BCUT2D eigenvalue weighted by atomic mass is 16.4. The summed E-state index contributed by atoms with van der Waals surface area (Å²) >= 11 is 0. The smallest absolute Gasteiger partial charge is 0.304 e. The van der Waals surface area contributed by atoms with Crippen LogP contribution in [0.15, 0.2) is 24.3 Å². The van der Waals surface area contributed by atoms with E-state index in [2.05, 4.69) is 0 Å². The first-order valence-corrected chi connectivity index (χ1v) is 4.82. The molecule has 0 bridgehead atoms. The number of carbonyl (C=O) groups excluding carboxylic acids is 1. The summed E-state index contributed by atoms with van der Waals surface area (Å²) in [5, 5.41) is 17.2. The second kappa shape index (κ2) is 5.66. The number of carbonyl (C=O) groups is 2. The summed E-state index contributed by atoms with van der Waals surface area (Å²) in [6.07, 6.45) is 0.886. The van der Waals surface area contributed by atoms with Crippen LogP contribution in [0.2, 0.25) is 0 Å². The molecule has 0 aliphatic rings. The lowest BCUT2D eigenvalue weighted by molar-refractivity contribution is -0.139. The third kappa shape index (κ3) is 3.54. The molecule has 0 amide bonds. The lowest BCUT2D eigenvalue weighted by Gasteiger charge is -2.07. The van der Waals surface area contributed by atoms with Gasteiger partial charge in [-0.25, -0.2) is 0 Å². The number of rotatable bonds is 5. The van der Waals surface area contributed by atoms with Crippen LogP contribution in [0.1, 0.15) is 17.5 Å². The van der Waals surface area contributed by atoms with Crippen LogP contribution in [-0.2, 0) is 16.0 Å². The predicted molar refractivity (Wildman–Crippen MR) is 56.7 cm³/mol. The Morgan fingerprint density at radius 1 is 1.44 bits per heavy atom. The molecule has 1 atom stereocenters. The Bertz CT molecular complexity index is 417. The van der Waals surface area contributed by atoms with Crippen molar-refractivity contribution < 1.29 is 14.7 Å². The normalized spacial score (nSPS) is 11.4. The molecule has 0 heterocycles. The van der Waals surface area contributed by atoms with Crippen LogP contribution in [0, 0.1) is 17.2 Å². The molecule has 0 aliphatic carbocycles. The number of nitrogens with zero attached hydrogens (tertiary/aromatic N) is 1. The van der Waals surface area contributed by atoms with Gasteiger partial charge in [0.2, 0.25) is 0 Å². The van der Waals surface area contributed by atoms with Gasteiger partial charge in [0.25, 0.3) is 0 Å². The maximum atomic E-state index is 10.7. The molecule has 16 heavy (non-hydrogen) atoms. The van der Waals surface area contributed by atoms with Crippen molar-refractivity contribution in [1.82, 2.24) is 0 Å². The van der Waals surface area contributed by atoms with Crippen molar-refractivity contribution in [2.75, 3.05) is 0 Å². The van der Waals surface area contributed by atoms with E-state index in [1.807, 2.05) is 6.07 Å². The van der Waals surface area contributed by atoms with E-state index < -0.39 is 11.9 Å². The van der Waals surface area contributed by atoms with Gasteiger partial charge < -0.3 is 9.90 Å². The third-order valence-electron chi connectivity index (χ3n) is 2.21. The van der Waals surface area contributed by atoms with Gasteiger partial charge in [0.05, 0.1) is 18.1 Å². The lowest BCUT2D eigenvalue weighted by atomic mass is 9.97. The van der Waals surface area contributed by atoms with Crippen molar-refractivity contribution in [3.63, 3.8) is 0 Å². The molecule has 1 aromatic rings. The number of carboxylic acids is 1. The van der Waals surface area contributed by atoms with Gasteiger partial charge in [-0.3, -0.25) is 4.79 Å². The monoisotopic (exact) mass is 217 g/mol. The highest BCUT2D eigenvalue weighted by Gasteiger charge is 2.12. The lowest BCUT2D eigenvalue weighted by Crippen LogP contribution is -2.11. The molecule has 0 spiro atoms. The summed E-state index contributed by atoms with van der Waals surface area (Å²) in [6.45, 7) is 0. The maximum absolute atomic E-state index is 10.7. The van der Waals surface area contributed by atoms with Gasteiger partial charge in [-0.1, -0.05) is 12.1 Å². The SMILES string of the molecule is N#Cc1ccc(CC(C=O)CC(=O)O)cc1. The Morgan fingerprint density at radius 3 is 2.50 bits per heavy atom. The molecule has 0 radical (unpaired) electrons. The minimum Gasteiger partial charge on any atom is -0.481 e. The van der Waals surface area contributed by atoms with Crippen molar-refractivity contribution in [3.05, 3.63) is 35.4 Å². The zero-order valence-corrected chi connectivity index (χ0v) is 8.59. The molecule has 0 fully saturated rings. The Kier molecular flexibility index (Phi) is 4.22. The van der Waals surface area contributed by atoms with Crippen LogP contribution in [0.5, 0.6) is 0 Å². The van der Waals surface area contributed by atoms with E-state index in [1.54, 1.807) is 24.3 Å². The van der Waals surface area contributed by atoms with Crippen molar-refractivity contribution in [2.45, 2.75) is 12.8 Å². The predicted octanol–water partition coefficient (Wildman–Crippen LogP) is 1.39. The molecule has 0 saturated heterocycles. The van der Waals surface area contributed by atoms with E-state index in [4.69, 9.17) is 10.4 Å². The number of carboxylic acid groups (broad SMARTS) is 1. The zero-order valence-electron chi connectivity index (χ0n) is 8.59. The average molecular weight is 217 g/mol. The van der Waals surface area contributed by atoms with Crippen LogP contribution in [0.25, 0.3) is 0 Å². The Labute approximate surface area is 93.1 Å². The second-order valence-corrected chi connectivity index (χ2v) is 3.51. The van der Waals surface area contributed by atoms with Crippen LogP contribution in [0.4, 0.5) is 0 Å². The molecular weight excluding hydrogens is 206 g/mol. The minimum absolute atomic E-state index is 0.163. The standard InChI is InChI=1S/C12H11NO3/c13-7-10-3-1-9(2-4-10)5-11(8-14)6-12(15)16/h1-4,8,11H,5-6H2,(H,15,16). The largest absolute Gasteiger partial charge is 0.481 e. The fourth-order valence-corrected chi connectivity index (χ4v) is 1.41. The highest BCUT2D eigenvalue weighted by Crippen LogP contribution is 2.11. The summed E-state index contributed by atoms with van der Waals surface area (Å²) in [5.41, 5.74) is 1.40. The van der Waals surface area contributed by atoms with E-state index in [1.165, 1.54) is 0 Å². The van der Waals surface area contributed by atoms with Crippen molar-refractivity contribution in [2.24, 2.45) is 5.92 Å². The van der Waals surface area contributed by atoms with Crippen LogP contribution < -0.4 is 0 Å². The van der Waals surface area contributed by atoms with Gasteiger partial charge in [0, 0.05) is 5.92 Å². The van der Waals surface area contributed by atoms with Gasteiger partial charge in [0.15, 0.2) is 0 Å². The van der Waals surface area contributed by atoms with Crippen molar-refractivity contribution in [1.29, 1.82) is 5.26 Å². The van der Waals surface area contributed by atoms with E-state index in [0.717, 1.165) is 5.56 Å². The molecular formula is C12H11NO3. The summed E-state index contributed by atoms with van der Waals surface area (Å²) in [6, 6.07) is 8.76. The molecule has 0 aliphatic heterocycles. The van der Waals surface area contributed by atoms with Crippen LogP contribution in [0.3, 0.4) is 0 Å². The van der Waals surface area contributed by atoms with E-state index >= 15 is 0 Å². The first kappa shape index (κ1) is 11.9. The van der Waals surface area contributed by atoms with Gasteiger partial charge in [0.1, 0.15) is 6.29 Å². The quantitative estimate of drug-likeness (QED) is 0.756. The van der Waals surface area contributed by atoms with Crippen LogP contribution in [-0.4, -0.2) is 17.4 Å². The molecule has 1 unspecified atom stereocenters. The highest BCUT2D eigenvalue weighted by molar-refractivity contribution is 5.72. The summed E-state index contributed by atoms with van der Waals surface area (Å²) < 4.78 is 0. The van der Waals surface area contributed by atoms with Crippen LogP contribution >= 0.6 is 0 Å². The van der Waals surface area contributed by atoms with Gasteiger partial charge in [-0.15, -0.1) is 0 Å². The fourth-order valence-electron chi connectivity index (χ4n) is 1.41. The fraction of sp³-hybridized carbons (Fsp3) is 0.250. The van der Waals surface area contributed by atoms with Gasteiger partial charge in [-0.05, 0) is 24.1 Å². The van der Waals surface area contributed by atoms with Crippen molar-refractivity contribution in [3.8, 4) is 6.07 Å². The van der Waals surface area contributed by atoms with Crippen molar-refractivity contribution >= 4 is 12.3 Å². The van der Waals surface area contributed by atoms with E-state index in [9.17, 15) is 9.59 Å². The molecule has 0 aromatic heterocycles. The van der Waals surface area contributed by atoms with Gasteiger partial charge in [-0.2, -0.15) is 5.26 Å². The molecule has 1 N–H and O–H groups in total. The topological polar surface area (TPSA) is 78.2 Å². The number of hydrogen-bond acceptors (Lipinski definition) is 3. The first-order valence-electron chi connectivity index (χ1n) is 4.82. The number of hydrogen-bond donors (Lipinski definition) is 1. The first-order chi connectivity index (χ1) is 7.65. The second-order valence-electron chi connectivity index (χ2n) is 3.51. The molecule has 82 valence electrons. The number of nitriles is 1. The number of aliphatic carboxylic acids is 1. The Hall–Kier alpha value is -2.15. The van der Waals surface area contributed by atoms with Gasteiger partial charge >= 0.3 is 5.97 Å². The third-order valence-corrected chi connectivity index (χ3v) is 2.21. The zero-order chi connectivity index (χ0) is 12.0. The average Bonchev–Trinajstić information content (AvgIpc) is 2.28. The van der Waals surface area contributed by atoms with E-state index in [0.29, 0.717) is 18.3 Å². The number of aldehydes is 1. The summed E-state index contributed by atoms with van der Waals surface area (Å²) in [5.74, 6) is -1.49.